The molecule has 6 unspecified atom stereocenters. The average molecular weight is 263 g/mol. The van der Waals surface area contributed by atoms with Gasteiger partial charge < -0.3 is 5.73 Å². The minimum Gasteiger partial charge on any atom is -0.375 e. The van der Waals surface area contributed by atoms with E-state index < -0.39 is 0 Å². The van der Waals surface area contributed by atoms with Crippen LogP contribution in [0, 0.1) is 35.5 Å². The normalized spacial score (nSPS) is 47.0. The van der Waals surface area contributed by atoms with E-state index in [0.717, 1.165) is 5.01 Å². The summed E-state index contributed by atoms with van der Waals surface area (Å²) in [6.07, 6.45) is 5.43. The lowest BCUT2D eigenvalue weighted by Crippen LogP contribution is -2.48. The highest BCUT2D eigenvalue weighted by Gasteiger charge is 2.67. The van der Waals surface area contributed by atoms with Crippen LogP contribution in [-0.2, 0) is 9.59 Å². The van der Waals surface area contributed by atoms with Gasteiger partial charge in [0, 0.05) is 0 Å². The SMILES string of the molecule is NC(=S)NN1C(=O)C2C3C=CC(C4CC34)C2C1=O. The van der Waals surface area contributed by atoms with E-state index in [0.29, 0.717) is 11.8 Å². The van der Waals surface area contributed by atoms with Crippen LogP contribution in [0.25, 0.3) is 0 Å². The van der Waals surface area contributed by atoms with Crippen molar-refractivity contribution < 1.29 is 9.59 Å². The molecule has 4 aliphatic carbocycles. The first-order valence-electron chi connectivity index (χ1n) is 6.22. The van der Waals surface area contributed by atoms with Gasteiger partial charge in [-0.05, 0) is 42.3 Å². The Balaban J connectivity index is 1.72. The van der Waals surface area contributed by atoms with Crippen molar-refractivity contribution in [1.82, 2.24) is 10.4 Å². The van der Waals surface area contributed by atoms with Gasteiger partial charge in [-0.1, -0.05) is 12.2 Å². The smallest absolute Gasteiger partial charge is 0.252 e. The number of hydrazine groups is 1. The van der Waals surface area contributed by atoms with Gasteiger partial charge in [-0.2, -0.15) is 5.01 Å². The van der Waals surface area contributed by atoms with Crippen LogP contribution in [0.5, 0.6) is 0 Å². The first-order valence-corrected chi connectivity index (χ1v) is 6.62. The predicted octanol–water partition coefficient (Wildman–Crippen LogP) is -0.212. The van der Waals surface area contributed by atoms with Crippen molar-refractivity contribution in [1.29, 1.82) is 0 Å². The van der Waals surface area contributed by atoms with Crippen LogP contribution in [0.1, 0.15) is 6.42 Å². The van der Waals surface area contributed by atoms with Gasteiger partial charge in [0.15, 0.2) is 5.11 Å². The Morgan fingerprint density at radius 1 is 1.22 bits per heavy atom. The molecule has 1 aliphatic heterocycles. The van der Waals surface area contributed by atoms with Gasteiger partial charge in [0.1, 0.15) is 0 Å². The van der Waals surface area contributed by atoms with Gasteiger partial charge in [-0.15, -0.1) is 0 Å². The minimum atomic E-state index is -0.196. The maximum Gasteiger partial charge on any atom is 0.252 e. The Bertz CT molecular complexity index is 481. The lowest BCUT2D eigenvalue weighted by atomic mass is 9.63. The van der Waals surface area contributed by atoms with Crippen molar-refractivity contribution in [2.75, 3.05) is 0 Å². The quantitative estimate of drug-likeness (QED) is 0.389. The number of allylic oxidation sites excluding steroid dienone is 2. The number of nitrogens with one attached hydrogen (secondary N) is 1. The Kier molecular flexibility index (Phi) is 1.82. The van der Waals surface area contributed by atoms with Crippen molar-refractivity contribution in [3.8, 4) is 0 Å². The lowest BCUT2D eigenvalue weighted by Gasteiger charge is -2.37. The number of nitrogens with zero attached hydrogens (tertiary/aromatic N) is 1. The molecule has 2 saturated carbocycles. The van der Waals surface area contributed by atoms with Crippen LogP contribution < -0.4 is 11.2 Å². The van der Waals surface area contributed by atoms with Gasteiger partial charge in [-0.3, -0.25) is 15.0 Å². The number of carbonyl (C=O) groups excluding carboxylic acids is 2. The van der Waals surface area contributed by atoms with E-state index in [1.54, 1.807) is 0 Å². The van der Waals surface area contributed by atoms with Crippen LogP contribution in [0.2, 0.25) is 0 Å². The molecule has 5 nitrogen and oxygen atoms in total. The molecule has 5 rings (SSSR count). The number of hydrogen-bond acceptors (Lipinski definition) is 3. The number of hydrogen-bond donors (Lipinski definition) is 2. The third-order valence-electron chi connectivity index (χ3n) is 4.88. The average Bonchev–Trinajstić information content (AvgIpc) is 3.11. The molecule has 3 N–H and O–H groups in total. The predicted molar refractivity (Wildman–Crippen MR) is 66.5 cm³/mol. The zero-order valence-corrected chi connectivity index (χ0v) is 10.4. The zero-order valence-electron chi connectivity index (χ0n) is 9.58. The fourth-order valence-corrected chi connectivity index (χ4v) is 4.27. The van der Waals surface area contributed by atoms with Crippen LogP contribution in [0.4, 0.5) is 0 Å². The van der Waals surface area contributed by atoms with E-state index in [1.165, 1.54) is 6.42 Å². The van der Waals surface area contributed by atoms with E-state index >= 15 is 0 Å². The second kappa shape index (κ2) is 3.12. The van der Waals surface area contributed by atoms with E-state index in [2.05, 4.69) is 17.6 Å². The molecule has 0 spiro atoms. The molecule has 0 aromatic heterocycles. The summed E-state index contributed by atoms with van der Waals surface area (Å²) >= 11 is 4.71. The van der Waals surface area contributed by atoms with Crippen molar-refractivity contribution in [3.05, 3.63) is 12.2 Å². The summed E-state index contributed by atoms with van der Waals surface area (Å²) in [5.74, 6) is 0.978. The van der Waals surface area contributed by atoms with Crippen molar-refractivity contribution in [3.63, 3.8) is 0 Å². The molecule has 2 bridgehead atoms. The summed E-state index contributed by atoms with van der Waals surface area (Å²) in [5.41, 5.74) is 7.88. The maximum absolute atomic E-state index is 12.3. The second-order valence-electron chi connectivity index (χ2n) is 5.64. The molecular formula is C12H13N3O2S. The third-order valence-corrected chi connectivity index (χ3v) is 4.98. The van der Waals surface area contributed by atoms with Gasteiger partial charge in [-0.25, -0.2) is 0 Å². The van der Waals surface area contributed by atoms with Gasteiger partial charge in [0.2, 0.25) is 0 Å². The summed E-state index contributed by atoms with van der Waals surface area (Å²) in [6, 6.07) is 0. The van der Waals surface area contributed by atoms with E-state index in [-0.39, 0.29) is 40.6 Å². The zero-order chi connectivity index (χ0) is 12.6. The maximum atomic E-state index is 12.3. The fourth-order valence-electron chi connectivity index (χ4n) is 4.18. The van der Waals surface area contributed by atoms with Crippen molar-refractivity contribution >= 4 is 29.1 Å². The molecule has 6 heteroatoms. The Hall–Kier alpha value is -1.43. The number of nitrogens with two attached hydrogens (primary N) is 1. The molecule has 1 saturated heterocycles. The standard InChI is InChI=1S/C12H13N3O2S/c13-12(18)14-15-10(16)8-4-1-2-5(7-3-6(4)7)9(8)11(15)17/h1-2,4-9H,3H2,(H3,13,14,18). The van der Waals surface area contributed by atoms with Crippen LogP contribution in [-0.4, -0.2) is 21.9 Å². The van der Waals surface area contributed by atoms with E-state index in [4.69, 9.17) is 18.0 Å². The van der Waals surface area contributed by atoms with Crippen molar-refractivity contribution in [2.45, 2.75) is 6.42 Å². The first kappa shape index (κ1) is 10.5. The molecule has 2 amide bonds. The molecule has 0 aromatic carbocycles. The Morgan fingerprint density at radius 2 is 1.72 bits per heavy atom. The highest BCUT2D eigenvalue weighted by molar-refractivity contribution is 7.80. The molecule has 1 heterocycles. The number of amides is 2. The first-order chi connectivity index (χ1) is 8.59. The molecule has 0 aromatic rings. The van der Waals surface area contributed by atoms with Crippen LogP contribution in [0.15, 0.2) is 12.2 Å². The van der Waals surface area contributed by atoms with Gasteiger partial charge >= 0.3 is 0 Å². The van der Waals surface area contributed by atoms with Gasteiger partial charge in [0.05, 0.1) is 11.8 Å². The largest absolute Gasteiger partial charge is 0.375 e. The van der Waals surface area contributed by atoms with Gasteiger partial charge in [0.25, 0.3) is 11.8 Å². The second-order valence-corrected chi connectivity index (χ2v) is 6.08. The topological polar surface area (TPSA) is 75.4 Å². The highest BCUT2D eigenvalue weighted by atomic mass is 32.1. The minimum absolute atomic E-state index is 0.0409. The molecule has 18 heavy (non-hydrogen) atoms. The van der Waals surface area contributed by atoms with Crippen LogP contribution >= 0.6 is 12.2 Å². The van der Waals surface area contributed by atoms with Crippen molar-refractivity contribution in [2.24, 2.45) is 41.2 Å². The number of carbonyl (C=O) groups is 2. The summed E-state index contributed by atoms with van der Waals surface area (Å²) in [5, 5.41) is 0.996. The monoisotopic (exact) mass is 263 g/mol. The number of thiocarbonyl (C=S) groups is 1. The molecule has 0 radical (unpaired) electrons. The number of imide groups is 1. The molecule has 94 valence electrons. The molecular weight excluding hydrogens is 250 g/mol. The Labute approximate surface area is 109 Å². The fraction of sp³-hybridized carbons (Fsp3) is 0.583. The summed E-state index contributed by atoms with van der Waals surface area (Å²) in [6.45, 7) is 0. The lowest BCUT2D eigenvalue weighted by molar-refractivity contribution is -0.142. The van der Waals surface area contributed by atoms with E-state index in [9.17, 15) is 9.59 Å². The molecule has 5 aliphatic rings. The van der Waals surface area contributed by atoms with Crippen LogP contribution in [0.3, 0.4) is 0 Å². The number of rotatable bonds is 1. The third kappa shape index (κ3) is 1.09. The summed E-state index contributed by atoms with van der Waals surface area (Å²) < 4.78 is 0. The van der Waals surface area contributed by atoms with E-state index in [1.807, 2.05) is 0 Å². The summed E-state index contributed by atoms with van der Waals surface area (Å²) in [4.78, 5) is 24.7. The molecule has 3 fully saturated rings. The summed E-state index contributed by atoms with van der Waals surface area (Å²) in [7, 11) is 0. The highest BCUT2D eigenvalue weighted by Crippen LogP contribution is 2.65. The Morgan fingerprint density at radius 3 is 2.17 bits per heavy atom. The molecule has 6 atom stereocenters.